The van der Waals surface area contributed by atoms with Crippen LogP contribution in [-0.2, 0) is 12.8 Å². The van der Waals surface area contributed by atoms with E-state index < -0.39 is 0 Å². The van der Waals surface area contributed by atoms with Crippen molar-refractivity contribution >= 4 is 11.3 Å². The van der Waals surface area contributed by atoms with Crippen molar-refractivity contribution in [1.82, 2.24) is 4.98 Å². The van der Waals surface area contributed by atoms with E-state index in [2.05, 4.69) is 20.8 Å². The summed E-state index contributed by atoms with van der Waals surface area (Å²) >= 11 is 1.89. The van der Waals surface area contributed by atoms with Gasteiger partial charge in [0.2, 0.25) is 0 Å². The van der Waals surface area contributed by atoms with E-state index in [1.807, 2.05) is 11.3 Å². The van der Waals surface area contributed by atoms with Gasteiger partial charge in [0.05, 0.1) is 10.7 Å². The Kier molecular flexibility index (Phi) is 5.26. The van der Waals surface area contributed by atoms with Crippen LogP contribution in [0.4, 0.5) is 0 Å². The molecule has 0 aliphatic heterocycles. The number of aromatic nitrogens is 1. The maximum atomic E-state index is 5.49. The van der Waals surface area contributed by atoms with Crippen LogP contribution in [0.25, 0.3) is 0 Å². The molecule has 1 aromatic heterocycles. The molecule has 2 N–H and O–H groups in total. The van der Waals surface area contributed by atoms with Gasteiger partial charge in [-0.1, -0.05) is 20.8 Å². The van der Waals surface area contributed by atoms with Gasteiger partial charge in [-0.2, -0.15) is 0 Å². The van der Waals surface area contributed by atoms with Crippen LogP contribution in [0.15, 0.2) is 0 Å². The second-order valence-corrected chi connectivity index (χ2v) is 5.29. The van der Waals surface area contributed by atoms with Gasteiger partial charge in [0, 0.05) is 4.88 Å². The highest BCUT2D eigenvalue weighted by Crippen LogP contribution is 2.27. The number of rotatable bonds is 6. The van der Waals surface area contributed by atoms with Crippen molar-refractivity contribution in [2.75, 3.05) is 6.54 Å². The van der Waals surface area contributed by atoms with E-state index in [-0.39, 0.29) is 0 Å². The lowest BCUT2D eigenvalue weighted by molar-refractivity contribution is 0.739. The van der Waals surface area contributed by atoms with Gasteiger partial charge in [-0.3, -0.25) is 0 Å². The number of thiazole rings is 1. The van der Waals surface area contributed by atoms with Crippen LogP contribution in [0.5, 0.6) is 0 Å². The fourth-order valence-electron chi connectivity index (χ4n) is 1.65. The van der Waals surface area contributed by atoms with E-state index in [1.165, 1.54) is 22.0 Å². The molecule has 0 amide bonds. The average molecular weight is 226 g/mol. The van der Waals surface area contributed by atoms with Gasteiger partial charge >= 0.3 is 0 Å². The van der Waals surface area contributed by atoms with E-state index in [0.29, 0.717) is 5.92 Å². The first kappa shape index (κ1) is 12.7. The predicted octanol–water partition coefficient (Wildman–Crippen LogP) is 3.11. The van der Waals surface area contributed by atoms with Gasteiger partial charge in [0.1, 0.15) is 0 Å². The quantitative estimate of drug-likeness (QED) is 0.757. The molecule has 86 valence electrons. The average Bonchev–Trinajstić information content (AvgIpc) is 2.62. The molecule has 1 aromatic rings. The third-order valence-electron chi connectivity index (χ3n) is 2.48. The molecule has 0 bridgehead atoms. The Morgan fingerprint density at radius 3 is 2.53 bits per heavy atom. The topological polar surface area (TPSA) is 38.9 Å². The first-order valence-electron chi connectivity index (χ1n) is 5.87. The number of nitrogens with zero attached hydrogens (tertiary/aromatic N) is 1. The third kappa shape index (κ3) is 3.58. The number of aryl methyl sites for hydroxylation is 2. The molecular weight excluding hydrogens is 204 g/mol. The molecule has 0 aliphatic rings. The smallest absolute Gasteiger partial charge is 0.0931 e. The number of unbranched alkanes of at least 4 members (excludes halogenated alkanes) is 1. The summed E-state index contributed by atoms with van der Waals surface area (Å²) in [5, 5.41) is 1.30. The Bertz CT molecular complexity index is 292. The maximum Gasteiger partial charge on any atom is 0.0931 e. The van der Waals surface area contributed by atoms with Crippen molar-refractivity contribution in [1.29, 1.82) is 0 Å². The zero-order valence-electron chi connectivity index (χ0n) is 10.0. The molecule has 0 fully saturated rings. The zero-order valence-corrected chi connectivity index (χ0v) is 10.9. The van der Waals surface area contributed by atoms with Crippen LogP contribution < -0.4 is 5.73 Å². The number of nitrogens with two attached hydrogens (primary N) is 1. The normalized spacial score (nSPS) is 11.3. The van der Waals surface area contributed by atoms with Crippen LogP contribution in [0.1, 0.15) is 55.1 Å². The summed E-state index contributed by atoms with van der Waals surface area (Å²) in [6.07, 6.45) is 4.44. The molecule has 0 aliphatic carbocycles. The molecule has 1 rings (SSSR count). The SMILES string of the molecule is CCc1nc(CCCCN)sc1C(C)C. The van der Waals surface area contributed by atoms with Crippen molar-refractivity contribution in [3.8, 4) is 0 Å². The molecule has 0 spiro atoms. The van der Waals surface area contributed by atoms with Gasteiger partial charge in [-0.05, 0) is 38.1 Å². The summed E-state index contributed by atoms with van der Waals surface area (Å²) < 4.78 is 0. The number of hydrogen-bond donors (Lipinski definition) is 1. The molecule has 0 atom stereocenters. The molecule has 3 heteroatoms. The molecule has 0 saturated heterocycles. The molecule has 0 saturated carbocycles. The maximum absolute atomic E-state index is 5.49. The van der Waals surface area contributed by atoms with E-state index in [0.717, 1.165) is 25.8 Å². The fraction of sp³-hybridized carbons (Fsp3) is 0.750. The van der Waals surface area contributed by atoms with E-state index >= 15 is 0 Å². The summed E-state index contributed by atoms with van der Waals surface area (Å²) in [5.41, 5.74) is 6.79. The second kappa shape index (κ2) is 6.23. The summed E-state index contributed by atoms with van der Waals surface area (Å²) in [6.45, 7) is 7.47. The summed E-state index contributed by atoms with van der Waals surface area (Å²) in [6, 6.07) is 0. The highest BCUT2D eigenvalue weighted by atomic mass is 32.1. The molecule has 15 heavy (non-hydrogen) atoms. The standard InChI is InChI=1S/C12H22N2S/c1-4-10-12(9(2)3)15-11(14-10)7-5-6-8-13/h9H,4-8,13H2,1-3H3. The fourth-order valence-corrected chi connectivity index (χ4v) is 2.85. The Hall–Kier alpha value is -0.410. The molecule has 1 heterocycles. The minimum atomic E-state index is 0.612. The van der Waals surface area contributed by atoms with Crippen molar-refractivity contribution in [3.05, 3.63) is 15.6 Å². The number of hydrogen-bond acceptors (Lipinski definition) is 3. The Morgan fingerprint density at radius 2 is 2.07 bits per heavy atom. The van der Waals surface area contributed by atoms with E-state index in [1.54, 1.807) is 0 Å². The molecule has 0 aromatic carbocycles. The van der Waals surface area contributed by atoms with Crippen LogP contribution in [0.3, 0.4) is 0 Å². The second-order valence-electron chi connectivity index (χ2n) is 4.17. The van der Waals surface area contributed by atoms with Crippen molar-refractivity contribution in [2.45, 2.75) is 52.4 Å². The van der Waals surface area contributed by atoms with Gasteiger partial charge in [-0.15, -0.1) is 11.3 Å². The molecular formula is C12H22N2S. The zero-order chi connectivity index (χ0) is 11.3. The van der Waals surface area contributed by atoms with Crippen molar-refractivity contribution < 1.29 is 0 Å². The summed E-state index contributed by atoms with van der Waals surface area (Å²) in [7, 11) is 0. The van der Waals surface area contributed by atoms with E-state index in [4.69, 9.17) is 10.7 Å². The van der Waals surface area contributed by atoms with Crippen molar-refractivity contribution in [3.63, 3.8) is 0 Å². The highest BCUT2D eigenvalue weighted by molar-refractivity contribution is 7.11. The Balaban J connectivity index is 2.65. The summed E-state index contributed by atoms with van der Waals surface area (Å²) in [5.74, 6) is 0.612. The lowest BCUT2D eigenvalue weighted by atomic mass is 10.1. The Labute approximate surface area is 96.9 Å². The minimum absolute atomic E-state index is 0.612. The van der Waals surface area contributed by atoms with Crippen LogP contribution >= 0.6 is 11.3 Å². The largest absolute Gasteiger partial charge is 0.330 e. The highest BCUT2D eigenvalue weighted by Gasteiger charge is 2.12. The lowest BCUT2D eigenvalue weighted by Crippen LogP contribution is -1.98. The van der Waals surface area contributed by atoms with Crippen LogP contribution in [0.2, 0.25) is 0 Å². The van der Waals surface area contributed by atoms with Gasteiger partial charge in [0.15, 0.2) is 0 Å². The monoisotopic (exact) mass is 226 g/mol. The van der Waals surface area contributed by atoms with Gasteiger partial charge < -0.3 is 5.73 Å². The van der Waals surface area contributed by atoms with Crippen molar-refractivity contribution in [2.24, 2.45) is 5.73 Å². The van der Waals surface area contributed by atoms with E-state index in [9.17, 15) is 0 Å². The predicted molar refractivity (Wildman–Crippen MR) is 67.6 cm³/mol. The Morgan fingerprint density at radius 1 is 1.33 bits per heavy atom. The van der Waals surface area contributed by atoms with Crippen LogP contribution in [0, 0.1) is 0 Å². The first-order valence-corrected chi connectivity index (χ1v) is 6.69. The van der Waals surface area contributed by atoms with Gasteiger partial charge in [0.25, 0.3) is 0 Å². The van der Waals surface area contributed by atoms with Gasteiger partial charge in [-0.25, -0.2) is 4.98 Å². The lowest BCUT2D eigenvalue weighted by Gasteiger charge is -2.01. The first-order chi connectivity index (χ1) is 7.19. The van der Waals surface area contributed by atoms with Crippen LogP contribution in [-0.4, -0.2) is 11.5 Å². The molecule has 0 unspecified atom stereocenters. The molecule has 2 nitrogen and oxygen atoms in total. The minimum Gasteiger partial charge on any atom is -0.330 e. The third-order valence-corrected chi connectivity index (χ3v) is 3.93. The summed E-state index contributed by atoms with van der Waals surface area (Å²) in [4.78, 5) is 6.17. The molecule has 0 radical (unpaired) electrons.